The maximum absolute atomic E-state index is 11.3. The zero-order chi connectivity index (χ0) is 12.7. The summed E-state index contributed by atoms with van der Waals surface area (Å²) >= 11 is 1.39. The number of benzene rings is 1. The van der Waals surface area contributed by atoms with Crippen LogP contribution in [0.15, 0.2) is 30.0 Å². The number of hydrogen-bond donors (Lipinski definition) is 0. The number of nitrogens with zero attached hydrogens (tertiary/aromatic N) is 4. The molecule has 90 valence electrons. The Morgan fingerprint density at radius 2 is 2.22 bits per heavy atom. The van der Waals surface area contributed by atoms with Gasteiger partial charge in [-0.1, -0.05) is 0 Å². The van der Waals surface area contributed by atoms with Gasteiger partial charge in [-0.25, -0.2) is 9.97 Å². The molecule has 7 heteroatoms. The van der Waals surface area contributed by atoms with Crippen LogP contribution in [-0.4, -0.2) is 19.5 Å². The Balaban J connectivity index is 2.39. The Morgan fingerprint density at radius 1 is 1.39 bits per heavy atom. The third-order valence-corrected chi connectivity index (χ3v) is 3.52. The topological polar surface area (TPSA) is 73.8 Å². The molecule has 0 fully saturated rings. The lowest BCUT2D eigenvalue weighted by Gasteiger charge is -2.06. The van der Waals surface area contributed by atoms with E-state index in [0.29, 0.717) is 17.0 Å². The first kappa shape index (κ1) is 10.8. The van der Waals surface area contributed by atoms with E-state index in [1.165, 1.54) is 11.3 Å². The van der Waals surface area contributed by atoms with Crippen LogP contribution in [0.4, 0.5) is 5.69 Å². The van der Waals surface area contributed by atoms with Crippen LogP contribution in [-0.2, 0) is 0 Å². The highest BCUT2D eigenvalue weighted by molar-refractivity contribution is 7.16. The van der Waals surface area contributed by atoms with Gasteiger partial charge >= 0.3 is 5.69 Å². The number of hydrogen-bond acceptors (Lipinski definition) is 5. The van der Waals surface area contributed by atoms with E-state index in [1.807, 2.05) is 6.07 Å². The van der Waals surface area contributed by atoms with Crippen molar-refractivity contribution in [2.45, 2.75) is 6.92 Å². The lowest BCUT2D eigenvalue weighted by molar-refractivity contribution is -0.382. The van der Waals surface area contributed by atoms with Gasteiger partial charge < -0.3 is 0 Å². The molecule has 2 aromatic heterocycles. The predicted molar refractivity (Wildman–Crippen MR) is 68.1 cm³/mol. The molecule has 18 heavy (non-hydrogen) atoms. The monoisotopic (exact) mass is 260 g/mol. The fourth-order valence-electron chi connectivity index (χ4n) is 1.91. The fourth-order valence-corrected chi connectivity index (χ4v) is 2.59. The van der Waals surface area contributed by atoms with Crippen LogP contribution >= 0.6 is 11.3 Å². The van der Waals surface area contributed by atoms with Gasteiger partial charge in [-0.05, 0) is 19.1 Å². The number of nitro groups is 1. The Kier molecular flexibility index (Phi) is 2.34. The zero-order valence-corrected chi connectivity index (χ0v) is 10.2. The molecule has 0 spiro atoms. The van der Waals surface area contributed by atoms with Gasteiger partial charge in [-0.2, -0.15) is 0 Å². The fraction of sp³-hybridized carbons (Fsp3) is 0.0909. The van der Waals surface area contributed by atoms with Crippen molar-refractivity contribution >= 4 is 27.2 Å². The van der Waals surface area contributed by atoms with Crippen molar-refractivity contribution in [2.24, 2.45) is 0 Å². The van der Waals surface area contributed by atoms with Crippen molar-refractivity contribution < 1.29 is 4.92 Å². The molecule has 0 bridgehead atoms. The summed E-state index contributed by atoms with van der Waals surface area (Å²) < 4.78 is 2.50. The van der Waals surface area contributed by atoms with E-state index in [2.05, 4.69) is 9.97 Å². The smallest absolute Gasteiger partial charge is 0.298 e. The summed E-state index contributed by atoms with van der Waals surface area (Å²) in [7, 11) is 0. The summed E-state index contributed by atoms with van der Waals surface area (Å²) in [4.78, 5) is 19.1. The molecule has 0 saturated heterocycles. The normalized spacial score (nSPS) is 10.9. The maximum atomic E-state index is 11.3. The molecule has 0 aliphatic heterocycles. The summed E-state index contributed by atoms with van der Waals surface area (Å²) in [6, 6.07) is 3.57. The van der Waals surface area contributed by atoms with Crippen LogP contribution in [0, 0.1) is 17.0 Å². The van der Waals surface area contributed by atoms with Crippen LogP contribution < -0.4 is 0 Å². The molecule has 0 saturated carbocycles. The second-order valence-electron chi connectivity index (χ2n) is 3.73. The molecule has 6 nitrogen and oxygen atoms in total. The largest absolute Gasteiger partial charge is 0.320 e. The summed E-state index contributed by atoms with van der Waals surface area (Å²) in [6.07, 6.45) is 3.32. The number of aromatic nitrogens is 3. The first-order chi connectivity index (χ1) is 8.68. The Labute approximate surface area is 106 Å². The average Bonchev–Trinajstić information content (AvgIpc) is 2.95. The van der Waals surface area contributed by atoms with Crippen LogP contribution in [0.3, 0.4) is 0 Å². The predicted octanol–water partition coefficient (Wildman–Crippen LogP) is 2.70. The van der Waals surface area contributed by atoms with E-state index in [-0.39, 0.29) is 5.69 Å². The van der Waals surface area contributed by atoms with Crippen molar-refractivity contribution in [3.05, 3.63) is 46.0 Å². The molecule has 0 aliphatic rings. The minimum absolute atomic E-state index is 0.0230. The van der Waals surface area contributed by atoms with Crippen LogP contribution in [0.2, 0.25) is 0 Å². The first-order valence-electron chi connectivity index (χ1n) is 5.19. The quantitative estimate of drug-likeness (QED) is 0.524. The second kappa shape index (κ2) is 3.88. The highest BCUT2D eigenvalue weighted by Gasteiger charge is 2.22. The minimum Gasteiger partial charge on any atom is -0.298 e. The van der Waals surface area contributed by atoms with Gasteiger partial charge in [0.25, 0.3) is 0 Å². The average molecular weight is 260 g/mol. The lowest BCUT2D eigenvalue weighted by Crippen LogP contribution is -2.01. The molecule has 3 rings (SSSR count). The molecule has 2 heterocycles. The van der Waals surface area contributed by atoms with Crippen LogP contribution in [0.25, 0.3) is 15.9 Å². The Hall–Kier alpha value is -2.28. The molecule has 0 unspecified atom stereocenters. The molecule has 0 N–H and O–H groups in total. The number of imidazole rings is 1. The molecule has 0 aliphatic carbocycles. The van der Waals surface area contributed by atoms with Gasteiger partial charge in [0.05, 0.1) is 15.1 Å². The van der Waals surface area contributed by atoms with Gasteiger partial charge in [-0.15, -0.1) is 11.3 Å². The molecular weight excluding hydrogens is 252 g/mol. The number of nitro benzene ring substituents is 1. The summed E-state index contributed by atoms with van der Waals surface area (Å²) in [5.41, 5.74) is 2.56. The zero-order valence-electron chi connectivity index (χ0n) is 9.40. The SMILES string of the molecule is Cc1nccn1-c1ccc2scnc2c1[N+](=O)[O-]. The van der Waals surface area contributed by atoms with Gasteiger partial charge in [0, 0.05) is 12.4 Å². The van der Waals surface area contributed by atoms with Gasteiger partial charge in [0.2, 0.25) is 0 Å². The summed E-state index contributed by atoms with van der Waals surface area (Å²) in [6.45, 7) is 1.80. The third-order valence-electron chi connectivity index (χ3n) is 2.72. The third kappa shape index (κ3) is 1.48. The number of thiazole rings is 1. The molecule has 0 atom stereocenters. The molecule has 3 aromatic rings. The number of rotatable bonds is 2. The minimum atomic E-state index is -0.392. The molecule has 1 aromatic carbocycles. The van der Waals surface area contributed by atoms with E-state index in [0.717, 1.165) is 4.70 Å². The highest BCUT2D eigenvalue weighted by Crippen LogP contribution is 2.33. The Bertz CT molecular complexity index is 746. The van der Waals surface area contributed by atoms with Crippen molar-refractivity contribution in [3.63, 3.8) is 0 Å². The standard InChI is InChI=1S/C11H8N4O2S/c1-7-12-4-5-14(7)8-2-3-9-10(13-6-18-9)11(8)15(16)17/h2-6H,1H3. The van der Waals surface area contributed by atoms with Crippen molar-refractivity contribution in [2.75, 3.05) is 0 Å². The van der Waals surface area contributed by atoms with E-state index in [4.69, 9.17) is 0 Å². The number of fused-ring (bicyclic) bond motifs is 1. The van der Waals surface area contributed by atoms with Gasteiger partial charge in [0.15, 0.2) is 5.52 Å². The second-order valence-corrected chi connectivity index (χ2v) is 4.62. The van der Waals surface area contributed by atoms with Crippen LogP contribution in [0.1, 0.15) is 5.82 Å². The van der Waals surface area contributed by atoms with Crippen molar-refractivity contribution in [1.29, 1.82) is 0 Å². The number of aryl methyl sites for hydroxylation is 1. The maximum Gasteiger partial charge on any atom is 0.320 e. The van der Waals surface area contributed by atoms with E-state index >= 15 is 0 Å². The van der Waals surface area contributed by atoms with E-state index in [1.54, 1.807) is 35.5 Å². The molecule has 0 amide bonds. The van der Waals surface area contributed by atoms with Gasteiger partial charge in [0.1, 0.15) is 11.5 Å². The van der Waals surface area contributed by atoms with Crippen LogP contribution in [0.5, 0.6) is 0 Å². The first-order valence-corrected chi connectivity index (χ1v) is 6.07. The van der Waals surface area contributed by atoms with E-state index in [9.17, 15) is 10.1 Å². The Morgan fingerprint density at radius 3 is 2.89 bits per heavy atom. The molecular formula is C11H8N4O2S. The van der Waals surface area contributed by atoms with Crippen molar-refractivity contribution in [3.8, 4) is 5.69 Å². The molecule has 0 radical (unpaired) electrons. The summed E-state index contributed by atoms with van der Waals surface area (Å²) in [5.74, 6) is 0.702. The highest BCUT2D eigenvalue weighted by atomic mass is 32.1. The summed E-state index contributed by atoms with van der Waals surface area (Å²) in [5, 5.41) is 11.3. The van der Waals surface area contributed by atoms with Crippen molar-refractivity contribution in [1.82, 2.24) is 14.5 Å². The lowest BCUT2D eigenvalue weighted by atomic mass is 10.2. The van der Waals surface area contributed by atoms with E-state index < -0.39 is 4.92 Å². The van der Waals surface area contributed by atoms with Gasteiger partial charge in [-0.3, -0.25) is 14.7 Å².